The number of hydrogen-bond donors (Lipinski definition) is 1. The van der Waals surface area contributed by atoms with Gasteiger partial charge in [-0.25, -0.2) is 0 Å². The lowest BCUT2D eigenvalue weighted by Crippen LogP contribution is -2.10. The Morgan fingerprint density at radius 2 is 1.37 bits per heavy atom. The topological polar surface area (TPSA) is 21.9 Å². The summed E-state index contributed by atoms with van der Waals surface area (Å²) in [7, 11) is 0. The van der Waals surface area contributed by atoms with E-state index in [-0.39, 0.29) is 0 Å². The summed E-state index contributed by atoms with van der Waals surface area (Å²) in [5.41, 5.74) is 17.1. The van der Waals surface area contributed by atoms with Crippen molar-refractivity contribution in [3.05, 3.63) is 160 Å². The first-order valence-electron chi connectivity index (χ1n) is 16.6. The number of nitrogens with one attached hydrogen (secondary N) is 1. The van der Waals surface area contributed by atoms with E-state index in [0.717, 1.165) is 32.2 Å². The van der Waals surface area contributed by atoms with Gasteiger partial charge in [0, 0.05) is 40.3 Å². The molecule has 2 aliphatic rings. The van der Waals surface area contributed by atoms with Gasteiger partial charge in [0.1, 0.15) is 0 Å². The lowest BCUT2D eigenvalue weighted by atomic mass is 9.98. The molecule has 3 nitrogen and oxygen atoms in total. The normalized spacial score (nSPS) is 13.7. The lowest BCUT2D eigenvalue weighted by molar-refractivity contribution is 0.855. The molecule has 1 N–H and O–H groups in total. The van der Waals surface area contributed by atoms with Gasteiger partial charge >= 0.3 is 0 Å². The van der Waals surface area contributed by atoms with E-state index >= 15 is 0 Å². The van der Waals surface area contributed by atoms with Crippen molar-refractivity contribution in [2.75, 3.05) is 0 Å². The first-order valence-corrected chi connectivity index (χ1v) is 16.6. The molecule has 0 spiro atoms. The summed E-state index contributed by atoms with van der Waals surface area (Å²) in [6.07, 6.45) is 17.5. The Labute approximate surface area is 271 Å². The molecular formula is C43H39N3. The zero-order valence-corrected chi connectivity index (χ0v) is 26.6. The lowest BCUT2D eigenvalue weighted by Gasteiger charge is -2.14. The summed E-state index contributed by atoms with van der Waals surface area (Å²) >= 11 is 0. The first-order chi connectivity index (χ1) is 22.7. The summed E-state index contributed by atoms with van der Waals surface area (Å²) in [5, 5.41) is 4.69. The van der Waals surface area contributed by atoms with E-state index in [2.05, 4.69) is 162 Å². The number of aromatic nitrogens is 2. The van der Waals surface area contributed by atoms with Crippen molar-refractivity contribution in [1.29, 1.82) is 0 Å². The molecule has 1 aliphatic heterocycles. The van der Waals surface area contributed by atoms with Crippen LogP contribution in [0.15, 0.2) is 115 Å². The van der Waals surface area contributed by atoms with Crippen LogP contribution >= 0.6 is 0 Å². The molecule has 0 unspecified atom stereocenters. The van der Waals surface area contributed by atoms with Crippen LogP contribution in [0, 0.1) is 0 Å². The van der Waals surface area contributed by atoms with Crippen LogP contribution in [-0.4, -0.2) is 9.13 Å². The highest BCUT2D eigenvalue weighted by Crippen LogP contribution is 2.35. The molecule has 46 heavy (non-hydrogen) atoms. The fourth-order valence-corrected chi connectivity index (χ4v) is 7.47. The Balaban J connectivity index is 1.02. The Kier molecular flexibility index (Phi) is 7.30. The van der Waals surface area contributed by atoms with E-state index in [4.69, 9.17) is 0 Å². The van der Waals surface area contributed by atoms with Crippen LogP contribution in [0.25, 0.3) is 51.6 Å². The monoisotopic (exact) mass is 597 g/mol. The molecule has 0 bridgehead atoms. The molecule has 4 aromatic carbocycles. The van der Waals surface area contributed by atoms with Gasteiger partial charge in [-0.05, 0) is 121 Å². The van der Waals surface area contributed by atoms with E-state index in [1.54, 1.807) is 0 Å². The molecule has 6 aromatic rings. The van der Waals surface area contributed by atoms with Crippen LogP contribution in [-0.2, 0) is 25.8 Å². The molecule has 0 radical (unpaired) electrons. The summed E-state index contributed by atoms with van der Waals surface area (Å²) in [6.45, 7) is 5.25. The maximum absolute atomic E-state index is 3.38. The van der Waals surface area contributed by atoms with Crippen LogP contribution < -0.4 is 5.32 Å². The highest BCUT2D eigenvalue weighted by molar-refractivity contribution is 5.90. The standard InChI is InChI=1S/C43H39N3/c1-3-9-40-36(4-2)37-10-5-7-12-41(37)45(40)35-24-20-33(21-25-35)32-18-14-30(15-19-32)28-31-16-22-34(23-17-31)46-42-13-8-6-11-38(42)39-29-44-27-26-43(39)46/h3,6-9,11-27,44H,4-5,10,28-29H2,1-2H3/b9-3-. The van der Waals surface area contributed by atoms with Gasteiger partial charge in [-0.3, -0.25) is 0 Å². The van der Waals surface area contributed by atoms with Crippen molar-refractivity contribution in [3.63, 3.8) is 0 Å². The van der Waals surface area contributed by atoms with E-state index in [0.29, 0.717) is 0 Å². The average molecular weight is 598 g/mol. The molecule has 1 aliphatic carbocycles. The Hall–Kier alpha value is -5.28. The van der Waals surface area contributed by atoms with Gasteiger partial charge in [0.2, 0.25) is 0 Å². The molecule has 0 amide bonds. The second-order valence-electron chi connectivity index (χ2n) is 12.4. The molecule has 0 saturated heterocycles. The Bertz CT molecular complexity index is 2130. The Morgan fingerprint density at radius 3 is 2.11 bits per heavy atom. The number of hydrogen-bond acceptors (Lipinski definition) is 1. The highest BCUT2D eigenvalue weighted by atomic mass is 15.0. The second kappa shape index (κ2) is 11.9. The predicted octanol–water partition coefficient (Wildman–Crippen LogP) is 10.3. The average Bonchev–Trinajstić information content (AvgIpc) is 3.62. The quantitative estimate of drug-likeness (QED) is 0.194. The first kappa shape index (κ1) is 28.2. The molecule has 0 saturated carbocycles. The summed E-state index contributed by atoms with van der Waals surface area (Å²) in [4.78, 5) is 0. The van der Waals surface area contributed by atoms with Gasteiger partial charge in [-0.1, -0.05) is 85.8 Å². The van der Waals surface area contributed by atoms with Crippen LogP contribution in [0.5, 0.6) is 0 Å². The SMILES string of the molecule is C/C=C\c1c(CC)c2c(n1-c1ccc(-c3ccc(Cc4ccc(-n5c6c(c7ccccc75)CNC=C6)cc4)cc3)cc1)C=CCC2. The third-order valence-electron chi connectivity index (χ3n) is 9.65. The molecular weight excluding hydrogens is 558 g/mol. The summed E-state index contributed by atoms with van der Waals surface area (Å²) in [5.74, 6) is 0. The minimum atomic E-state index is 0.862. The van der Waals surface area contributed by atoms with Gasteiger partial charge in [0.25, 0.3) is 0 Å². The molecule has 8 rings (SSSR count). The van der Waals surface area contributed by atoms with Crippen molar-refractivity contribution in [1.82, 2.24) is 14.5 Å². The maximum atomic E-state index is 3.38. The van der Waals surface area contributed by atoms with Crippen LogP contribution in [0.3, 0.4) is 0 Å². The zero-order valence-electron chi connectivity index (χ0n) is 26.6. The largest absolute Gasteiger partial charge is 0.387 e. The van der Waals surface area contributed by atoms with E-state index < -0.39 is 0 Å². The van der Waals surface area contributed by atoms with Crippen molar-refractivity contribution in [2.24, 2.45) is 0 Å². The molecule has 3 heteroatoms. The van der Waals surface area contributed by atoms with Gasteiger partial charge in [0.05, 0.1) is 11.2 Å². The maximum Gasteiger partial charge on any atom is 0.0538 e. The highest BCUT2D eigenvalue weighted by Gasteiger charge is 2.21. The molecule has 2 aromatic heterocycles. The summed E-state index contributed by atoms with van der Waals surface area (Å²) < 4.78 is 4.83. The number of allylic oxidation sites excluding steroid dienone is 2. The summed E-state index contributed by atoms with van der Waals surface area (Å²) in [6, 6.07) is 35.9. The smallest absolute Gasteiger partial charge is 0.0538 e. The van der Waals surface area contributed by atoms with Crippen LogP contribution in [0.4, 0.5) is 0 Å². The van der Waals surface area contributed by atoms with Gasteiger partial charge < -0.3 is 14.5 Å². The number of rotatable bonds is 7. The third-order valence-corrected chi connectivity index (χ3v) is 9.65. The van der Waals surface area contributed by atoms with Crippen LogP contribution in [0.1, 0.15) is 65.2 Å². The molecule has 3 heterocycles. The fourth-order valence-electron chi connectivity index (χ4n) is 7.47. The predicted molar refractivity (Wildman–Crippen MR) is 195 cm³/mol. The second-order valence-corrected chi connectivity index (χ2v) is 12.4. The van der Waals surface area contributed by atoms with E-state index in [1.165, 1.54) is 78.3 Å². The van der Waals surface area contributed by atoms with E-state index in [9.17, 15) is 0 Å². The van der Waals surface area contributed by atoms with Gasteiger partial charge in [0.15, 0.2) is 0 Å². The molecule has 226 valence electrons. The minimum absolute atomic E-state index is 0.862. The van der Waals surface area contributed by atoms with Gasteiger partial charge in [-0.2, -0.15) is 0 Å². The minimum Gasteiger partial charge on any atom is -0.387 e. The zero-order chi connectivity index (χ0) is 31.0. The molecule has 0 fully saturated rings. The van der Waals surface area contributed by atoms with Crippen molar-refractivity contribution in [2.45, 2.75) is 46.1 Å². The number of nitrogens with zero attached hydrogens (tertiary/aromatic N) is 2. The van der Waals surface area contributed by atoms with Crippen molar-refractivity contribution in [3.8, 4) is 22.5 Å². The molecule has 0 atom stereocenters. The van der Waals surface area contributed by atoms with Crippen LogP contribution in [0.2, 0.25) is 0 Å². The van der Waals surface area contributed by atoms with E-state index in [1.807, 2.05) is 0 Å². The number of fused-ring (bicyclic) bond motifs is 4. The van der Waals surface area contributed by atoms with Gasteiger partial charge in [-0.15, -0.1) is 0 Å². The third kappa shape index (κ3) is 4.84. The fraction of sp³-hybridized carbons (Fsp3) is 0.163. The Morgan fingerprint density at radius 1 is 0.717 bits per heavy atom. The van der Waals surface area contributed by atoms with Crippen molar-refractivity contribution >= 4 is 29.1 Å². The number of para-hydroxylation sites is 1. The van der Waals surface area contributed by atoms with Crippen molar-refractivity contribution < 1.29 is 0 Å². The number of benzene rings is 4.